The molecule has 4 rings (SSSR count). The van der Waals surface area contributed by atoms with E-state index in [0.717, 1.165) is 27.8 Å². The van der Waals surface area contributed by atoms with Gasteiger partial charge in [-0.05, 0) is 37.1 Å². The molecule has 8 nitrogen and oxygen atoms in total. The van der Waals surface area contributed by atoms with Gasteiger partial charge in [-0.1, -0.05) is 28.9 Å². The summed E-state index contributed by atoms with van der Waals surface area (Å²) in [4.78, 5) is 16.8. The minimum Gasteiger partial charge on any atom is -0.346 e. The summed E-state index contributed by atoms with van der Waals surface area (Å²) < 4.78 is 70.4. The molecule has 0 unspecified atom stereocenters. The van der Waals surface area contributed by atoms with Crippen LogP contribution in [-0.4, -0.2) is 41.4 Å². The number of carbonyl (C=O) groups excluding carboxylic acids is 1. The van der Waals surface area contributed by atoms with E-state index in [4.69, 9.17) is 16.1 Å². The quantitative estimate of drug-likeness (QED) is 0.528. The van der Waals surface area contributed by atoms with E-state index in [1.54, 1.807) is 0 Å². The normalized spacial score (nSPS) is 17.4. The summed E-state index contributed by atoms with van der Waals surface area (Å²) in [5, 5.41) is 6.29. The fourth-order valence-corrected chi connectivity index (χ4v) is 6.64. The number of thiophene rings is 1. The number of nitrogens with zero attached hydrogens (tertiary/aromatic N) is 3. The van der Waals surface area contributed by atoms with Gasteiger partial charge in [-0.15, -0.1) is 11.3 Å². The number of alkyl halides is 3. The summed E-state index contributed by atoms with van der Waals surface area (Å²) in [6.45, 7) is 0.0379. The van der Waals surface area contributed by atoms with Crippen LogP contribution >= 0.6 is 22.9 Å². The number of benzene rings is 1. The maximum atomic E-state index is 12.9. The van der Waals surface area contributed by atoms with E-state index in [2.05, 4.69) is 15.5 Å². The van der Waals surface area contributed by atoms with Gasteiger partial charge < -0.3 is 9.84 Å². The van der Waals surface area contributed by atoms with Gasteiger partial charge in [-0.25, -0.2) is 8.42 Å². The Bertz CT molecular complexity index is 1260. The fourth-order valence-electron chi connectivity index (χ4n) is 3.37. The highest BCUT2D eigenvalue weighted by atomic mass is 35.5. The Labute approximate surface area is 195 Å². The minimum atomic E-state index is -4.46. The van der Waals surface area contributed by atoms with Crippen molar-refractivity contribution in [2.45, 2.75) is 35.8 Å². The third kappa shape index (κ3) is 5.05. The first-order chi connectivity index (χ1) is 15.6. The second kappa shape index (κ2) is 9.05. The molecule has 1 saturated heterocycles. The van der Waals surface area contributed by atoms with Crippen LogP contribution in [0, 0.1) is 0 Å². The molecule has 0 aliphatic carbocycles. The summed E-state index contributed by atoms with van der Waals surface area (Å²) >= 11 is 6.76. The third-order valence-corrected chi connectivity index (χ3v) is 8.58. The summed E-state index contributed by atoms with van der Waals surface area (Å²) in [5.41, 5.74) is -0.491. The van der Waals surface area contributed by atoms with Crippen LogP contribution in [0.3, 0.4) is 0 Å². The molecule has 1 aromatic carbocycles. The van der Waals surface area contributed by atoms with Crippen molar-refractivity contribution < 1.29 is 30.9 Å². The molecular formula is C19H16ClF3N4O4S2. The van der Waals surface area contributed by atoms with Crippen LogP contribution in [-0.2, 0) is 27.5 Å². The van der Waals surface area contributed by atoms with Crippen LogP contribution in [0.5, 0.6) is 0 Å². The van der Waals surface area contributed by atoms with Gasteiger partial charge in [-0.2, -0.15) is 22.5 Å². The molecule has 1 fully saturated rings. The zero-order valence-electron chi connectivity index (χ0n) is 16.7. The van der Waals surface area contributed by atoms with E-state index in [-0.39, 0.29) is 29.0 Å². The van der Waals surface area contributed by atoms with Crippen molar-refractivity contribution in [2.24, 2.45) is 0 Å². The molecule has 1 aliphatic heterocycles. The fraction of sp³-hybridized carbons (Fsp3) is 0.316. The molecule has 14 heteroatoms. The van der Waals surface area contributed by atoms with Gasteiger partial charge in [0.1, 0.15) is 10.3 Å². The molecule has 0 radical (unpaired) electrons. The Morgan fingerprint density at radius 1 is 1.24 bits per heavy atom. The molecule has 1 aliphatic rings. The Kier molecular flexibility index (Phi) is 6.49. The summed E-state index contributed by atoms with van der Waals surface area (Å²) in [6.07, 6.45) is -3.58. The van der Waals surface area contributed by atoms with Crippen molar-refractivity contribution in [2.75, 3.05) is 6.54 Å². The molecule has 1 atom stereocenters. The number of rotatable bonds is 6. The highest BCUT2D eigenvalue weighted by Gasteiger charge is 2.40. The van der Waals surface area contributed by atoms with Gasteiger partial charge in [0.15, 0.2) is 0 Å². The van der Waals surface area contributed by atoms with Crippen LogP contribution < -0.4 is 5.32 Å². The van der Waals surface area contributed by atoms with Crippen molar-refractivity contribution in [1.82, 2.24) is 19.8 Å². The lowest BCUT2D eigenvalue weighted by molar-refractivity contribution is -0.137. The van der Waals surface area contributed by atoms with Gasteiger partial charge >= 0.3 is 6.18 Å². The van der Waals surface area contributed by atoms with E-state index in [1.165, 1.54) is 24.3 Å². The van der Waals surface area contributed by atoms with Crippen molar-refractivity contribution in [3.63, 3.8) is 0 Å². The number of hydrogen-bond acceptors (Lipinski definition) is 7. The van der Waals surface area contributed by atoms with Crippen molar-refractivity contribution in [3.05, 3.63) is 52.2 Å². The van der Waals surface area contributed by atoms with Gasteiger partial charge in [0.05, 0.1) is 16.4 Å². The van der Waals surface area contributed by atoms with Gasteiger partial charge in [0, 0.05) is 12.1 Å². The first-order valence-electron chi connectivity index (χ1n) is 9.61. The molecule has 3 aromatic rings. The lowest BCUT2D eigenvalue weighted by Crippen LogP contribution is -2.45. The molecule has 0 saturated carbocycles. The molecule has 176 valence electrons. The average Bonchev–Trinajstić information content (AvgIpc) is 3.52. The highest BCUT2D eigenvalue weighted by Crippen LogP contribution is 2.32. The zero-order valence-corrected chi connectivity index (χ0v) is 19.1. The first kappa shape index (κ1) is 23.7. The highest BCUT2D eigenvalue weighted by molar-refractivity contribution is 7.91. The Morgan fingerprint density at radius 3 is 2.61 bits per heavy atom. The van der Waals surface area contributed by atoms with E-state index in [1.807, 2.05) is 0 Å². The number of aromatic nitrogens is 2. The maximum absolute atomic E-state index is 12.9. The van der Waals surface area contributed by atoms with Crippen LogP contribution in [0.2, 0.25) is 4.34 Å². The smallest absolute Gasteiger partial charge is 0.346 e. The zero-order chi connectivity index (χ0) is 23.8. The van der Waals surface area contributed by atoms with Crippen LogP contribution in [0.25, 0.3) is 11.4 Å². The molecule has 0 bridgehead atoms. The number of amides is 1. The molecule has 3 heterocycles. The number of hydrogen-bond donors (Lipinski definition) is 1. The molecule has 1 amide bonds. The van der Waals surface area contributed by atoms with Crippen molar-refractivity contribution >= 4 is 38.9 Å². The number of sulfonamides is 1. The van der Waals surface area contributed by atoms with Gasteiger partial charge in [-0.3, -0.25) is 4.79 Å². The third-order valence-electron chi connectivity index (χ3n) is 4.97. The van der Waals surface area contributed by atoms with E-state index in [9.17, 15) is 26.4 Å². The monoisotopic (exact) mass is 520 g/mol. The number of carbonyl (C=O) groups is 1. The minimum absolute atomic E-state index is 0.0238. The molecule has 33 heavy (non-hydrogen) atoms. The lowest BCUT2D eigenvalue weighted by atomic mass is 10.1. The molecule has 1 N–H and O–H groups in total. The van der Waals surface area contributed by atoms with E-state index < -0.39 is 33.7 Å². The molecule has 2 aromatic heterocycles. The summed E-state index contributed by atoms with van der Waals surface area (Å²) in [7, 11) is -3.87. The second-order valence-electron chi connectivity index (χ2n) is 7.14. The number of halogens is 4. The Hall–Kier alpha value is -2.48. The van der Waals surface area contributed by atoms with Crippen LogP contribution in [0.1, 0.15) is 24.3 Å². The van der Waals surface area contributed by atoms with Crippen LogP contribution in [0.4, 0.5) is 13.2 Å². The first-order valence-corrected chi connectivity index (χ1v) is 12.2. The Morgan fingerprint density at radius 2 is 1.97 bits per heavy atom. The lowest BCUT2D eigenvalue weighted by Gasteiger charge is -2.22. The SMILES string of the molecule is O=C(NCc1nc(-c2ccc(C(F)(F)F)cc2)no1)[C@@H]1CCCN1S(=O)(=O)c1ccc(Cl)s1. The average molecular weight is 521 g/mol. The van der Waals surface area contributed by atoms with Gasteiger partial charge in [0.25, 0.3) is 10.0 Å². The topological polar surface area (TPSA) is 105 Å². The second-order valence-corrected chi connectivity index (χ2v) is 11.0. The Balaban J connectivity index is 1.40. The predicted molar refractivity (Wildman–Crippen MR) is 113 cm³/mol. The van der Waals surface area contributed by atoms with Crippen molar-refractivity contribution in [1.29, 1.82) is 0 Å². The van der Waals surface area contributed by atoms with E-state index in [0.29, 0.717) is 22.7 Å². The predicted octanol–water partition coefficient (Wildman–Crippen LogP) is 3.94. The standard InChI is InChI=1S/C19H16ClF3N4O4S2/c20-14-7-8-16(32-14)33(29,30)27-9-1-2-13(27)18(28)24-10-15-25-17(26-31-15)11-3-5-12(6-4-11)19(21,22)23/h3-8,13H,1-2,9-10H2,(H,24,28)/t13-/m0/s1. The van der Waals surface area contributed by atoms with Crippen LogP contribution in [0.15, 0.2) is 45.1 Å². The van der Waals surface area contributed by atoms with E-state index >= 15 is 0 Å². The summed E-state index contributed by atoms with van der Waals surface area (Å²) in [6, 6.07) is 6.23. The summed E-state index contributed by atoms with van der Waals surface area (Å²) in [5.74, 6) is -0.434. The maximum Gasteiger partial charge on any atom is 0.416 e. The molecular weight excluding hydrogens is 505 g/mol. The van der Waals surface area contributed by atoms with Crippen molar-refractivity contribution in [3.8, 4) is 11.4 Å². The molecule has 0 spiro atoms. The number of nitrogens with one attached hydrogen (secondary N) is 1. The largest absolute Gasteiger partial charge is 0.416 e. The van der Waals surface area contributed by atoms with Gasteiger partial charge in [0.2, 0.25) is 17.6 Å².